The van der Waals surface area contributed by atoms with Gasteiger partial charge in [-0.2, -0.15) is 0 Å². The van der Waals surface area contributed by atoms with E-state index in [1.165, 1.54) is 0 Å². The molecule has 0 spiro atoms. The largest absolute Gasteiger partial charge is 0.493 e. The molecule has 4 nitrogen and oxygen atoms in total. The summed E-state index contributed by atoms with van der Waals surface area (Å²) in [6.45, 7) is 6.19. The molecule has 1 aromatic carbocycles. The van der Waals surface area contributed by atoms with Crippen LogP contribution in [0.2, 0.25) is 0 Å². The third-order valence-electron chi connectivity index (χ3n) is 3.38. The van der Waals surface area contributed by atoms with Crippen LogP contribution in [0.15, 0.2) is 18.2 Å². The molecule has 108 valence electrons. The summed E-state index contributed by atoms with van der Waals surface area (Å²) >= 11 is 0. The van der Waals surface area contributed by atoms with Crippen LogP contribution >= 0.6 is 0 Å². The van der Waals surface area contributed by atoms with Crippen LogP contribution in [0.3, 0.4) is 0 Å². The van der Waals surface area contributed by atoms with Crippen molar-refractivity contribution in [3.05, 3.63) is 23.8 Å². The molecule has 2 atom stereocenters. The second-order valence-electron chi connectivity index (χ2n) is 5.81. The van der Waals surface area contributed by atoms with Gasteiger partial charge in [0.2, 0.25) is 0 Å². The Balaban J connectivity index is 2.97. The highest BCUT2D eigenvalue weighted by molar-refractivity contribution is 5.47. The van der Waals surface area contributed by atoms with Crippen molar-refractivity contribution in [3.8, 4) is 11.5 Å². The van der Waals surface area contributed by atoms with Crippen molar-refractivity contribution in [2.75, 3.05) is 14.2 Å². The van der Waals surface area contributed by atoms with Gasteiger partial charge in [0, 0.05) is 11.6 Å². The fraction of sp³-hybridized carbons (Fsp3) is 0.600. The number of rotatable bonds is 5. The van der Waals surface area contributed by atoms with Crippen molar-refractivity contribution >= 4 is 0 Å². The van der Waals surface area contributed by atoms with Crippen LogP contribution in [0.1, 0.15) is 38.9 Å². The van der Waals surface area contributed by atoms with Gasteiger partial charge in [-0.05, 0) is 17.9 Å². The zero-order valence-electron chi connectivity index (χ0n) is 12.4. The second kappa shape index (κ2) is 6.26. The molecule has 0 unspecified atom stereocenters. The molecule has 19 heavy (non-hydrogen) atoms. The van der Waals surface area contributed by atoms with Gasteiger partial charge in [0.25, 0.3) is 0 Å². The van der Waals surface area contributed by atoms with E-state index in [0.717, 1.165) is 0 Å². The molecule has 0 aliphatic heterocycles. The number of ether oxygens (including phenoxy) is 2. The summed E-state index contributed by atoms with van der Waals surface area (Å²) in [5.41, 5.74) is 6.78. The zero-order valence-corrected chi connectivity index (χ0v) is 12.4. The molecular weight excluding hydrogens is 242 g/mol. The van der Waals surface area contributed by atoms with Crippen LogP contribution in [-0.4, -0.2) is 25.4 Å². The Hall–Kier alpha value is -1.26. The lowest BCUT2D eigenvalue weighted by molar-refractivity contribution is 0.130. The van der Waals surface area contributed by atoms with Crippen LogP contribution in [0.25, 0.3) is 0 Å². The number of hydrogen-bond donors (Lipinski definition) is 2. The topological polar surface area (TPSA) is 64.7 Å². The minimum absolute atomic E-state index is 0.0485. The Morgan fingerprint density at radius 3 is 2.32 bits per heavy atom. The summed E-state index contributed by atoms with van der Waals surface area (Å²) in [6, 6.07) is 5.38. The molecule has 0 bridgehead atoms. The first-order valence-electron chi connectivity index (χ1n) is 6.45. The molecule has 0 heterocycles. The molecule has 0 aliphatic carbocycles. The van der Waals surface area contributed by atoms with E-state index < -0.39 is 6.10 Å². The van der Waals surface area contributed by atoms with Gasteiger partial charge in [-0.25, -0.2) is 0 Å². The first-order chi connectivity index (χ1) is 8.81. The molecule has 0 radical (unpaired) electrons. The number of hydrogen-bond acceptors (Lipinski definition) is 4. The van der Waals surface area contributed by atoms with E-state index >= 15 is 0 Å². The summed E-state index contributed by atoms with van der Waals surface area (Å²) in [6.07, 6.45) is -0.188. The average Bonchev–Trinajstić information content (AvgIpc) is 2.36. The Bertz CT molecular complexity index is 412. The first-order valence-corrected chi connectivity index (χ1v) is 6.45. The molecule has 0 aromatic heterocycles. The summed E-state index contributed by atoms with van der Waals surface area (Å²) < 4.78 is 10.6. The van der Waals surface area contributed by atoms with Crippen molar-refractivity contribution in [3.63, 3.8) is 0 Å². The molecular formula is C15H25NO3. The lowest BCUT2D eigenvalue weighted by Gasteiger charge is -2.29. The maximum atomic E-state index is 10.4. The fourth-order valence-corrected chi connectivity index (χ4v) is 1.90. The Kier molecular flexibility index (Phi) is 5.20. The van der Waals surface area contributed by atoms with Gasteiger partial charge in [0.15, 0.2) is 11.5 Å². The van der Waals surface area contributed by atoms with Crippen LogP contribution in [0, 0.1) is 5.41 Å². The summed E-state index contributed by atoms with van der Waals surface area (Å²) in [4.78, 5) is 0. The number of aliphatic hydroxyl groups is 1. The van der Waals surface area contributed by atoms with Crippen molar-refractivity contribution < 1.29 is 14.6 Å². The normalized spacial score (nSPS) is 14.9. The predicted octanol–water partition coefficient (Wildman–Crippen LogP) is 2.50. The standard InChI is InChI=1S/C15H25NO3/c1-15(2,3)13(16)9-11(17)10-7-6-8-12(18-4)14(10)19-5/h6-8,11,13,17H,9,16H2,1-5H3/t11-,13+/m0/s1. The van der Waals surface area contributed by atoms with Crippen LogP contribution in [0.4, 0.5) is 0 Å². The van der Waals surface area contributed by atoms with E-state index in [2.05, 4.69) is 20.8 Å². The third-order valence-corrected chi connectivity index (χ3v) is 3.38. The summed E-state index contributed by atoms with van der Waals surface area (Å²) in [5.74, 6) is 1.18. The minimum atomic E-state index is -0.667. The summed E-state index contributed by atoms with van der Waals surface area (Å²) in [7, 11) is 3.15. The van der Waals surface area contributed by atoms with Crippen LogP contribution in [-0.2, 0) is 0 Å². The highest BCUT2D eigenvalue weighted by Crippen LogP contribution is 2.37. The number of para-hydroxylation sites is 1. The maximum Gasteiger partial charge on any atom is 0.166 e. The van der Waals surface area contributed by atoms with Gasteiger partial charge >= 0.3 is 0 Å². The van der Waals surface area contributed by atoms with Crippen molar-refractivity contribution in [2.45, 2.75) is 39.3 Å². The van der Waals surface area contributed by atoms with Crippen molar-refractivity contribution in [1.29, 1.82) is 0 Å². The monoisotopic (exact) mass is 267 g/mol. The maximum absolute atomic E-state index is 10.4. The van der Waals surface area contributed by atoms with Gasteiger partial charge in [0.1, 0.15) is 0 Å². The first kappa shape index (κ1) is 15.8. The van der Waals surface area contributed by atoms with Crippen molar-refractivity contribution in [2.24, 2.45) is 11.1 Å². The molecule has 0 amide bonds. The number of aliphatic hydroxyl groups excluding tert-OH is 1. The van der Waals surface area contributed by atoms with Crippen LogP contribution in [0.5, 0.6) is 11.5 Å². The van der Waals surface area contributed by atoms with Crippen LogP contribution < -0.4 is 15.2 Å². The minimum Gasteiger partial charge on any atom is -0.493 e. The lowest BCUT2D eigenvalue weighted by Crippen LogP contribution is -2.36. The lowest BCUT2D eigenvalue weighted by atomic mass is 9.83. The number of benzene rings is 1. The third kappa shape index (κ3) is 3.85. The zero-order chi connectivity index (χ0) is 14.6. The van der Waals surface area contributed by atoms with Gasteiger partial charge in [-0.3, -0.25) is 0 Å². The van der Waals surface area contributed by atoms with E-state index in [4.69, 9.17) is 15.2 Å². The predicted molar refractivity (Wildman–Crippen MR) is 76.6 cm³/mol. The van der Waals surface area contributed by atoms with E-state index in [9.17, 15) is 5.11 Å². The van der Waals surface area contributed by atoms with E-state index in [0.29, 0.717) is 23.5 Å². The average molecular weight is 267 g/mol. The van der Waals surface area contributed by atoms with Crippen molar-refractivity contribution in [1.82, 2.24) is 0 Å². The van der Waals surface area contributed by atoms with Gasteiger partial charge < -0.3 is 20.3 Å². The van der Waals surface area contributed by atoms with E-state index in [1.54, 1.807) is 20.3 Å². The molecule has 1 rings (SSSR count). The highest BCUT2D eigenvalue weighted by atomic mass is 16.5. The molecule has 1 aromatic rings. The highest BCUT2D eigenvalue weighted by Gasteiger charge is 2.26. The van der Waals surface area contributed by atoms with Gasteiger partial charge in [0.05, 0.1) is 20.3 Å². The van der Waals surface area contributed by atoms with Gasteiger partial charge in [-0.15, -0.1) is 0 Å². The Morgan fingerprint density at radius 2 is 1.84 bits per heavy atom. The quantitative estimate of drug-likeness (QED) is 0.860. The summed E-state index contributed by atoms with van der Waals surface area (Å²) in [5, 5.41) is 10.4. The molecule has 4 heteroatoms. The molecule has 0 saturated carbocycles. The second-order valence-corrected chi connectivity index (χ2v) is 5.81. The SMILES string of the molecule is COc1cccc([C@@H](O)C[C@@H](N)C(C)(C)C)c1OC. The molecule has 0 saturated heterocycles. The molecule has 0 fully saturated rings. The molecule has 3 N–H and O–H groups in total. The number of methoxy groups -OCH3 is 2. The fourth-order valence-electron chi connectivity index (χ4n) is 1.90. The van der Waals surface area contributed by atoms with E-state index in [-0.39, 0.29) is 11.5 Å². The Morgan fingerprint density at radius 1 is 1.21 bits per heavy atom. The molecule has 0 aliphatic rings. The smallest absolute Gasteiger partial charge is 0.166 e. The van der Waals surface area contributed by atoms with Gasteiger partial charge in [-0.1, -0.05) is 32.9 Å². The van der Waals surface area contributed by atoms with E-state index in [1.807, 2.05) is 12.1 Å². The Labute approximate surface area is 115 Å². The number of nitrogens with two attached hydrogens (primary N) is 1.